The van der Waals surface area contributed by atoms with Gasteiger partial charge in [-0.3, -0.25) is 14.4 Å². The molecule has 202 valence electrons. The third-order valence-electron chi connectivity index (χ3n) is 5.71. The molecule has 1 rings (SSSR count). The summed E-state index contributed by atoms with van der Waals surface area (Å²) >= 11 is 0. The minimum absolute atomic E-state index is 0.0306. The summed E-state index contributed by atoms with van der Waals surface area (Å²) in [6.45, 7) is 8.83. The number of hydrogen-bond donors (Lipinski definition) is 3. The fourth-order valence-electron chi connectivity index (χ4n) is 3.14. The second kappa shape index (κ2) is 12.3. The molecule has 1 aromatic rings. The molecule has 0 fully saturated rings. The highest BCUT2D eigenvalue weighted by atomic mass is 32.2. The topological polar surface area (TPSA) is 139 Å². The van der Waals surface area contributed by atoms with Crippen molar-refractivity contribution < 1.29 is 36.0 Å². The highest BCUT2D eigenvalue weighted by Crippen LogP contribution is 2.20. The monoisotopic (exact) mass is 534 g/mol. The lowest BCUT2D eigenvalue weighted by Crippen LogP contribution is -2.50. The molecule has 36 heavy (non-hydrogen) atoms. The molecule has 4 N–H and O–H groups in total. The number of hydrogen-bond acceptors (Lipinski definition) is 6. The second-order valence-electron chi connectivity index (χ2n) is 8.86. The van der Waals surface area contributed by atoms with Gasteiger partial charge in [-0.1, -0.05) is 40.2 Å². The SMILES string of the molecule is CC[C@H](C)[C@H](N)C(=O)N(C)[C@H](C=C(C)C(=O)NS(=O)(=O)c1ccc(NC(=O)C(F)(F)F)cc1)C(C)C. The fourth-order valence-corrected chi connectivity index (χ4v) is 4.16. The van der Waals surface area contributed by atoms with Crippen molar-refractivity contribution in [2.24, 2.45) is 17.6 Å². The van der Waals surface area contributed by atoms with Gasteiger partial charge in [-0.05, 0) is 43.0 Å². The molecule has 0 bridgehead atoms. The van der Waals surface area contributed by atoms with Crippen LogP contribution in [0.2, 0.25) is 0 Å². The van der Waals surface area contributed by atoms with E-state index in [0.717, 1.165) is 24.3 Å². The van der Waals surface area contributed by atoms with Gasteiger partial charge in [0.1, 0.15) is 0 Å². The smallest absolute Gasteiger partial charge is 0.338 e. The normalized spacial score (nSPS) is 15.1. The number of benzene rings is 1. The van der Waals surface area contributed by atoms with E-state index < -0.39 is 45.0 Å². The van der Waals surface area contributed by atoms with Crippen LogP contribution in [-0.4, -0.2) is 56.3 Å². The molecule has 0 aliphatic rings. The Balaban J connectivity index is 3.04. The van der Waals surface area contributed by atoms with E-state index >= 15 is 0 Å². The van der Waals surface area contributed by atoms with Gasteiger partial charge in [0.2, 0.25) is 5.91 Å². The Hall–Kier alpha value is -2.93. The Kier molecular flexibility index (Phi) is 10.7. The Bertz CT molecular complexity index is 1090. The summed E-state index contributed by atoms with van der Waals surface area (Å²) in [5, 5.41) is 1.59. The van der Waals surface area contributed by atoms with Crippen LogP contribution in [0.1, 0.15) is 41.0 Å². The third-order valence-corrected chi connectivity index (χ3v) is 7.05. The predicted molar refractivity (Wildman–Crippen MR) is 129 cm³/mol. The van der Waals surface area contributed by atoms with Crippen LogP contribution in [0.5, 0.6) is 0 Å². The number of amides is 3. The minimum Gasteiger partial charge on any atom is -0.338 e. The summed E-state index contributed by atoms with van der Waals surface area (Å²) in [5.41, 5.74) is 5.81. The van der Waals surface area contributed by atoms with Crippen LogP contribution in [0.3, 0.4) is 0 Å². The summed E-state index contributed by atoms with van der Waals surface area (Å²) in [7, 11) is -2.81. The van der Waals surface area contributed by atoms with Crippen LogP contribution in [0.15, 0.2) is 40.8 Å². The summed E-state index contributed by atoms with van der Waals surface area (Å²) in [5.74, 6) is -3.64. The Morgan fingerprint density at radius 3 is 2.08 bits per heavy atom. The van der Waals surface area contributed by atoms with E-state index in [1.54, 1.807) is 12.4 Å². The zero-order valence-corrected chi connectivity index (χ0v) is 21.8. The lowest BCUT2D eigenvalue weighted by atomic mass is 9.95. The molecule has 3 atom stereocenters. The highest BCUT2D eigenvalue weighted by molar-refractivity contribution is 7.90. The van der Waals surface area contributed by atoms with Crippen LogP contribution in [-0.2, 0) is 24.4 Å². The first-order chi connectivity index (χ1) is 16.4. The quantitative estimate of drug-likeness (QED) is 0.395. The van der Waals surface area contributed by atoms with Crippen molar-refractivity contribution in [3.05, 3.63) is 35.9 Å². The van der Waals surface area contributed by atoms with Crippen LogP contribution in [0.4, 0.5) is 18.9 Å². The van der Waals surface area contributed by atoms with Gasteiger partial charge < -0.3 is 16.0 Å². The van der Waals surface area contributed by atoms with E-state index in [9.17, 15) is 36.0 Å². The Morgan fingerprint density at radius 2 is 1.64 bits per heavy atom. The number of carbonyl (C=O) groups excluding carboxylic acids is 3. The number of sulfonamides is 1. The standard InChI is InChI=1S/C23H33F3N4O5S/c1-7-14(4)19(27)21(32)30(6)18(13(2)3)12-15(5)20(31)29-36(34,35)17-10-8-16(9-11-17)28-22(33)23(24,25)26/h8-14,18-19H,7,27H2,1-6H3,(H,28,33)(H,29,31)/t14-,18+,19-/m0/s1. The maximum atomic E-state index is 12.8. The van der Waals surface area contributed by atoms with Gasteiger partial charge in [-0.15, -0.1) is 0 Å². The largest absolute Gasteiger partial charge is 0.471 e. The second-order valence-corrected chi connectivity index (χ2v) is 10.5. The third kappa shape index (κ3) is 8.33. The van der Waals surface area contributed by atoms with Crippen LogP contribution in [0.25, 0.3) is 0 Å². The summed E-state index contributed by atoms with van der Waals surface area (Å²) < 4.78 is 64.1. The van der Waals surface area contributed by atoms with E-state index in [1.165, 1.54) is 17.9 Å². The molecule has 0 spiro atoms. The zero-order chi connectivity index (χ0) is 28.0. The van der Waals surface area contributed by atoms with Crippen molar-refractivity contribution in [2.75, 3.05) is 12.4 Å². The first kappa shape index (κ1) is 31.1. The number of alkyl halides is 3. The van der Waals surface area contributed by atoms with E-state index in [0.29, 0.717) is 6.42 Å². The molecule has 0 heterocycles. The van der Waals surface area contributed by atoms with Crippen LogP contribution < -0.4 is 15.8 Å². The van der Waals surface area contributed by atoms with Crippen LogP contribution in [0, 0.1) is 11.8 Å². The van der Waals surface area contributed by atoms with Crippen molar-refractivity contribution in [3.8, 4) is 0 Å². The number of likely N-dealkylation sites (N-methyl/N-ethyl adjacent to an activating group) is 1. The molecule has 13 heteroatoms. The number of nitrogens with one attached hydrogen (secondary N) is 2. The average Bonchev–Trinajstić information content (AvgIpc) is 2.79. The average molecular weight is 535 g/mol. The lowest BCUT2D eigenvalue weighted by molar-refractivity contribution is -0.167. The molecular formula is C23H33F3N4O5S. The molecule has 1 aromatic carbocycles. The van der Waals surface area contributed by atoms with Gasteiger partial charge >= 0.3 is 12.1 Å². The van der Waals surface area contributed by atoms with Gasteiger partial charge in [0.15, 0.2) is 0 Å². The van der Waals surface area contributed by atoms with E-state index in [2.05, 4.69) is 0 Å². The van der Waals surface area contributed by atoms with E-state index in [4.69, 9.17) is 5.73 Å². The van der Waals surface area contributed by atoms with Crippen molar-refractivity contribution >= 4 is 33.4 Å². The number of nitrogens with zero attached hydrogens (tertiary/aromatic N) is 1. The summed E-state index contributed by atoms with van der Waals surface area (Å²) in [6.07, 6.45) is -2.92. The number of carbonyl (C=O) groups is 3. The van der Waals surface area contributed by atoms with E-state index in [1.807, 2.05) is 32.4 Å². The molecule has 0 radical (unpaired) electrons. The van der Waals surface area contributed by atoms with Gasteiger partial charge in [0.05, 0.1) is 17.0 Å². The van der Waals surface area contributed by atoms with Crippen LogP contribution >= 0.6 is 0 Å². The lowest BCUT2D eigenvalue weighted by Gasteiger charge is -2.32. The van der Waals surface area contributed by atoms with Gasteiger partial charge in [0.25, 0.3) is 15.9 Å². The maximum absolute atomic E-state index is 12.8. The molecule has 0 aliphatic carbocycles. The summed E-state index contributed by atoms with van der Waals surface area (Å²) in [4.78, 5) is 37.4. The maximum Gasteiger partial charge on any atom is 0.471 e. The fraction of sp³-hybridized carbons (Fsp3) is 0.522. The Morgan fingerprint density at radius 1 is 1.11 bits per heavy atom. The predicted octanol–water partition coefficient (Wildman–Crippen LogP) is 2.80. The number of rotatable bonds is 10. The minimum atomic E-state index is -5.10. The Labute approximate surface area is 209 Å². The van der Waals surface area contributed by atoms with Crippen molar-refractivity contribution in [1.82, 2.24) is 9.62 Å². The van der Waals surface area contributed by atoms with Crippen molar-refractivity contribution in [3.63, 3.8) is 0 Å². The number of halogens is 3. The molecule has 0 saturated carbocycles. The number of anilines is 1. The molecule has 0 saturated heterocycles. The molecule has 0 unspecified atom stereocenters. The molecule has 9 nitrogen and oxygen atoms in total. The van der Waals surface area contributed by atoms with Gasteiger partial charge in [0, 0.05) is 18.3 Å². The number of nitrogens with two attached hydrogens (primary N) is 1. The highest BCUT2D eigenvalue weighted by Gasteiger charge is 2.38. The van der Waals surface area contributed by atoms with Crippen molar-refractivity contribution in [1.29, 1.82) is 0 Å². The van der Waals surface area contributed by atoms with E-state index in [-0.39, 0.29) is 29.0 Å². The molecule has 3 amide bonds. The molecular weight excluding hydrogens is 501 g/mol. The first-order valence-electron chi connectivity index (χ1n) is 11.2. The van der Waals surface area contributed by atoms with Crippen molar-refractivity contribution in [2.45, 2.75) is 64.2 Å². The summed E-state index contributed by atoms with van der Waals surface area (Å²) in [6, 6.07) is 2.54. The molecule has 0 aliphatic heterocycles. The van der Waals surface area contributed by atoms with Gasteiger partial charge in [-0.2, -0.15) is 13.2 Å². The van der Waals surface area contributed by atoms with Gasteiger partial charge in [-0.25, -0.2) is 13.1 Å². The first-order valence-corrected chi connectivity index (χ1v) is 12.7. The zero-order valence-electron chi connectivity index (χ0n) is 21.0. The molecule has 0 aromatic heterocycles.